The predicted molar refractivity (Wildman–Crippen MR) is 77.5 cm³/mol. The first-order valence-corrected chi connectivity index (χ1v) is 7.40. The van der Waals surface area contributed by atoms with E-state index in [-0.39, 0.29) is 0 Å². The molecule has 2 heterocycles. The molecule has 0 spiro atoms. The van der Waals surface area contributed by atoms with E-state index in [1.54, 1.807) is 7.11 Å². The second kappa shape index (κ2) is 5.51. The molecular weight excluding hydrogens is 236 g/mol. The summed E-state index contributed by atoms with van der Waals surface area (Å²) < 4.78 is 5.34. The van der Waals surface area contributed by atoms with E-state index < -0.39 is 0 Å². The van der Waals surface area contributed by atoms with Crippen LogP contribution in [0, 0.1) is 0 Å². The van der Waals surface area contributed by atoms with Crippen LogP contribution in [0.25, 0.3) is 0 Å². The molecule has 1 aromatic rings. The molecule has 1 N–H and O–H groups in total. The van der Waals surface area contributed by atoms with E-state index in [0.29, 0.717) is 12.1 Å². The molecule has 0 aromatic heterocycles. The van der Waals surface area contributed by atoms with Gasteiger partial charge < -0.3 is 10.1 Å². The van der Waals surface area contributed by atoms with E-state index >= 15 is 0 Å². The Balaban J connectivity index is 1.73. The molecule has 1 aromatic carbocycles. The van der Waals surface area contributed by atoms with Crippen molar-refractivity contribution in [3.63, 3.8) is 0 Å². The normalized spacial score (nSPS) is 28.9. The van der Waals surface area contributed by atoms with E-state index in [1.165, 1.54) is 37.9 Å². The highest BCUT2D eigenvalue weighted by Gasteiger charge is 2.31. The van der Waals surface area contributed by atoms with Crippen molar-refractivity contribution >= 4 is 0 Å². The predicted octanol–water partition coefficient (Wildman–Crippen LogP) is 2.58. The number of nitrogens with one attached hydrogen (secondary N) is 1. The summed E-state index contributed by atoms with van der Waals surface area (Å²) in [6.07, 6.45) is 3.99. The van der Waals surface area contributed by atoms with Crippen molar-refractivity contribution in [3.05, 3.63) is 29.8 Å². The second-order valence-corrected chi connectivity index (χ2v) is 5.87. The fourth-order valence-electron chi connectivity index (χ4n) is 3.43. The van der Waals surface area contributed by atoms with Gasteiger partial charge in [0, 0.05) is 31.2 Å². The standard InChI is InChI=1S/C16H24N2O/c1-12(13-4-3-5-16(10-13)19-2)18-9-8-14-6-7-15(11-18)17-14/h3-5,10,12,14-15,17H,6-9,11H2,1-2H3. The fourth-order valence-corrected chi connectivity index (χ4v) is 3.43. The van der Waals surface area contributed by atoms with Gasteiger partial charge in [-0.15, -0.1) is 0 Å². The number of nitrogens with zero attached hydrogens (tertiary/aromatic N) is 1. The number of hydrogen-bond donors (Lipinski definition) is 1. The van der Waals surface area contributed by atoms with Crippen LogP contribution < -0.4 is 10.1 Å². The SMILES string of the molecule is COc1cccc(C(C)N2CCC3CCC(C2)N3)c1. The molecule has 2 saturated heterocycles. The molecule has 0 amide bonds. The lowest BCUT2D eigenvalue weighted by Gasteiger charge is -2.30. The zero-order valence-corrected chi connectivity index (χ0v) is 11.9. The summed E-state index contributed by atoms with van der Waals surface area (Å²) in [4.78, 5) is 2.62. The average Bonchev–Trinajstić information content (AvgIpc) is 2.77. The van der Waals surface area contributed by atoms with Crippen LogP contribution in [-0.2, 0) is 0 Å². The van der Waals surface area contributed by atoms with Gasteiger partial charge in [0.25, 0.3) is 0 Å². The lowest BCUT2D eigenvalue weighted by molar-refractivity contribution is 0.199. The van der Waals surface area contributed by atoms with Gasteiger partial charge >= 0.3 is 0 Å². The summed E-state index contributed by atoms with van der Waals surface area (Å²) in [5.41, 5.74) is 1.36. The highest BCUT2D eigenvalue weighted by Crippen LogP contribution is 2.28. The molecule has 3 rings (SSSR count). The summed E-state index contributed by atoms with van der Waals surface area (Å²) in [6, 6.07) is 10.4. The summed E-state index contributed by atoms with van der Waals surface area (Å²) >= 11 is 0. The van der Waals surface area contributed by atoms with E-state index in [1.807, 2.05) is 6.07 Å². The lowest BCUT2D eigenvalue weighted by Crippen LogP contribution is -2.36. The zero-order valence-electron chi connectivity index (χ0n) is 11.9. The molecule has 3 unspecified atom stereocenters. The monoisotopic (exact) mass is 260 g/mol. The van der Waals surface area contributed by atoms with Crippen LogP contribution in [0.3, 0.4) is 0 Å². The van der Waals surface area contributed by atoms with Crippen molar-refractivity contribution in [3.8, 4) is 5.75 Å². The number of fused-ring (bicyclic) bond motifs is 2. The molecular formula is C16H24N2O. The van der Waals surface area contributed by atoms with E-state index in [2.05, 4.69) is 35.3 Å². The molecule has 19 heavy (non-hydrogen) atoms. The highest BCUT2D eigenvalue weighted by molar-refractivity contribution is 5.30. The Labute approximate surface area is 115 Å². The molecule has 3 atom stereocenters. The third kappa shape index (κ3) is 2.77. The Bertz CT molecular complexity index is 435. The highest BCUT2D eigenvalue weighted by atomic mass is 16.5. The Morgan fingerprint density at radius 2 is 2.11 bits per heavy atom. The minimum Gasteiger partial charge on any atom is -0.497 e. The van der Waals surface area contributed by atoms with E-state index in [4.69, 9.17) is 4.74 Å². The lowest BCUT2D eigenvalue weighted by atomic mass is 10.0. The summed E-state index contributed by atoms with van der Waals surface area (Å²) in [5.74, 6) is 0.957. The molecule has 2 aliphatic heterocycles. The van der Waals surface area contributed by atoms with Crippen LogP contribution in [0.1, 0.15) is 37.8 Å². The Kier molecular flexibility index (Phi) is 3.76. The number of benzene rings is 1. The molecule has 0 aliphatic carbocycles. The topological polar surface area (TPSA) is 24.5 Å². The molecule has 0 radical (unpaired) electrons. The molecule has 3 heteroatoms. The van der Waals surface area contributed by atoms with Gasteiger partial charge in [-0.25, -0.2) is 0 Å². The van der Waals surface area contributed by atoms with Gasteiger partial charge in [0.15, 0.2) is 0 Å². The van der Waals surface area contributed by atoms with Crippen molar-refractivity contribution in [2.24, 2.45) is 0 Å². The first-order chi connectivity index (χ1) is 9.26. The summed E-state index contributed by atoms with van der Waals surface area (Å²) in [7, 11) is 1.73. The maximum Gasteiger partial charge on any atom is 0.119 e. The first-order valence-electron chi connectivity index (χ1n) is 7.40. The fraction of sp³-hybridized carbons (Fsp3) is 0.625. The van der Waals surface area contributed by atoms with Gasteiger partial charge in [-0.2, -0.15) is 0 Å². The quantitative estimate of drug-likeness (QED) is 0.904. The summed E-state index contributed by atoms with van der Waals surface area (Å²) in [6.45, 7) is 4.69. The minimum absolute atomic E-state index is 0.469. The van der Waals surface area contributed by atoms with Gasteiger partial charge in [0.2, 0.25) is 0 Å². The molecule has 2 fully saturated rings. The zero-order chi connectivity index (χ0) is 13.2. The van der Waals surface area contributed by atoms with Gasteiger partial charge in [-0.05, 0) is 43.9 Å². The van der Waals surface area contributed by atoms with Crippen LogP contribution in [0.5, 0.6) is 5.75 Å². The van der Waals surface area contributed by atoms with E-state index in [0.717, 1.165) is 11.8 Å². The molecule has 0 saturated carbocycles. The van der Waals surface area contributed by atoms with Gasteiger partial charge in [-0.1, -0.05) is 12.1 Å². The maximum atomic E-state index is 5.34. The largest absolute Gasteiger partial charge is 0.497 e. The van der Waals surface area contributed by atoms with Crippen molar-refractivity contribution in [1.29, 1.82) is 0 Å². The second-order valence-electron chi connectivity index (χ2n) is 5.87. The number of rotatable bonds is 3. The number of ether oxygens (including phenoxy) is 1. The number of methoxy groups -OCH3 is 1. The Morgan fingerprint density at radius 1 is 1.26 bits per heavy atom. The van der Waals surface area contributed by atoms with Gasteiger partial charge in [0.1, 0.15) is 5.75 Å². The maximum absolute atomic E-state index is 5.34. The van der Waals surface area contributed by atoms with Crippen LogP contribution in [0.4, 0.5) is 0 Å². The van der Waals surface area contributed by atoms with Crippen molar-refractivity contribution < 1.29 is 4.74 Å². The average molecular weight is 260 g/mol. The van der Waals surface area contributed by atoms with Crippen LogP contribution >= 0.6 is 0 Å². The number of hydrogen-bond acceptors (Lipinski definition) is 3. The van der Waals surface area contributed by atoms with E-state index in [9.17, 15) is 0 Å². The van der Waals surface area contributed by atoms with Crippen molar-refractivity contribution in [1.82, 2.24) is 10.2 Å². The summed E-state index contributed by atoms with van der Waals surface area (Å²) in [5, 5.41) is 3.75. The smallest absolute Gasteiger partial charge is 0.119 e. The number of likely N-dealkylation sites (tertiary alicyclic amines) is 1. The minimum atomic E-state index is 0.469. The third-order valence-corrected chi connectivity index (χ3v) is 4.68. The van der Waals surface area contributed by atoms with Gasteiger partial charge in [-0.3, -0.25) is 4.90 Å². The molecule has 3 nitrogen and oxygen atoms in total. The Hall–Kier alpha value is -1.06. The van der Waals surface area contributed by atoms with Gasteiger partial charge in [0.05, 0.1) is 7.11 Å². The molecule has 104 valence electrons. The molecule has 2 aliphatic rings. The van der Waals surface area contributed by atoms with Crippen LogP contribution in [-0.4, -0.2) is 37.2 Å². The van der Waals surface area contributed by atoms with Crippen molar-refractivity contribution in [2.75, 3.05) is 20.2 Å². The van der Waals surface area contributed by atoms with Crippen LogP contribution in [0.15, 0.2) is 24.3 Å². The van der Waals surface area contributed by atoms with Crippen molar-refractivity contribution in [2.45, 2.75) is 44.3 Å². The molecule has 2 bridgehead atoms. The first kappa shape index (κ1) is 12.9. The van der Waals surface area contributed by atoms with Crippen LogP contribution in [0.2, 0.25) is 0 Å². The Morgan fingerprint density at radius 3 is 2.95 bits per heavy atom. The third-order valence-electron chi connectivity index (χ3n) is 4.68.